The van der Waals surface area contributed by atoms with Crippen LogP contribution in [0.2, 0.25) is 0 Å². The first kappa shape index (κ1) is 23.2. The molecule has 0 saturated heterocycles. The largest absolute Gasteiger partial charge is 0.357 e. The number of hydrogen-bond acceptors (Lipinski definition) is 2. The van der Waals surface area contributed by atoms with Crippen LogP contribution in [0.5, 0.6) is 0 Å². The number of halogens is 2. The van der Waals surface area contributed by atoms with Crippen molar-refractivity contribution in [2.24, 2.45) is 10.9 Å². The van der Waals surface area contributed by atoms with Gasteiger partial charge in [-0.25, -0.2) is 0 Å². The lowest BCUT2D eigenvalue weighted by molar-refractivity contribution is -0.122. The van der Waals surface area contributed by atoms with Gasteiger partial charge < -0.3 is 16.0 Å². The second kappa shape index (κ2) is 11.1. The van der Waals surface area contributed by atoms with E-state index >= 15 is 0 Å². The maximum absolute atomic E-state index is 11.6. The Kier molecular flexibility index (Phi) is 9.92. The minimum absolute atomic E-state index is 0. The molecule has 0 aliphatic heterocycles. The summed E-state index contributed by atoms with van der Waals surface area (Å²) in [5.74, 6) is 1.22. The molecule has 1 aromatic rings. The van der Waals surface area contributed by atoms with Crippen LogP contribution in [0.1, 0.15) is 39.2 Å². The summed E-state index contributed by atoms with van der Waals surface area (Å²) in [6.07, 6.45) is 2.07. The fourth-order valence-corrected chi connectivity index (χ4v) is 2.87. The second-order valence-corrected chi connectivity index (χ2v) is 8.00. The minimum atomic E-state index is -0.0632. The molecule has 0 bridgehead atoms. The SMILES string of the molecule is CCNC(=NCC(C)(C)c1cccc(Br)c1)NCCNC(=O)C1CC1.I. The summed E-state index contributed by atoms with van der Waals surface area (Å²) in [5, 5.41) is 9.50. The highest BCUT2D eigenvalue weighted by Crippen LogP contribution is 2.28. The zero-order valence-electron chi connectivity index (χ0n) is 15.8. The monoisotopic (exact) mass is 536 g/mol. The number of amides is 1. The van der Waals surface area contributed by atoms with Gasteiger partial charge in [-0.2, -0.15) is 0 Å². The first-order valence-electron chi connectivity index (χ1n) is 8.98. The van der Waals surface area contributed by atoms with E-state index in [1.165, 1.54) is 5.56 Å². The molecule has 5 nitrogen and oxygen atoms in total. The average molecular weight is 537 g/mol. The molecule has 1 aliphatic carbocycles. The number of nitrogens with zero attached hydrogens (tertiary/aromatic N) is 1. The van der Waals surface area contributed by atoms with E-state index in [1.807, 2.05) is 13.0 Å². The standard InChI is InChI=1S/C19H29BrN4O.HI/c1-4-21-18(23-11-10-22-17(25)14-8-9-14)24-13-19(2,3)15-6-5-7-16(20)12-15;/h5-7,12,14H,4,8-11,13H2,1-3H3,(H,22,25)(H2,21,23,24);1H. The van der Waals surface area contributed by atoms with Crippen molar-refractivity contribution in [2.45, 2.75) is 39.0 Å². The normalized spacial score (nSPS) is 14.4. The fourth-order valence-electron chi connectivity index (χ4n) is 2.48. The third kappa shape index (κ3) is 7.82. The van der Waals surface area contributed by atoms with Crippen LogP contribution in [0.4, 0.5) is 0 Å². The lowest BCUT2D eigenvalue weighted by atomic mass is 9.85. The zero-order chi connectivity index (χ0) is 18.3. The van der Waals surface area contributed by atoms with Crippen molar-refractivity contribution in [3.05, 3.63) is 34.3 Å². The molecular formula is C19H30BrIN4O. The van der Waals surface area contributed by atoms with Gasteiger partial charge in [-0.3, -0.25) is 9.79 Å². The topological polar surface area (TPSA) is 65.5 Å². The number of rotatable bonds is 8. The number of carbonyl (C=O) groups excluding carboxylic acids is 1. The lowest BCUT2D eigenvalue weighted by Crippen LogP contribution is -2.42. The number of guanidine groups is 1. The van der Waals surface area contributed by atoms with Crippen LogP contribution < -0.4 is 16.0 Å². The van der Waals surface area contributed by atoms with Gasteiger partial charge in [0.25, 0.3) is 0 Å². The Balaban J connectivity index is 0.00000338. The van der Waals surface area contributed by atoms with Gasteiger partial charge in [0.2, 0.25) is 5.91 Å². The molecule has 0 heterocycles. The fraction of sp³-hybridized carbons (Fsp3) is 0.579. The summed E-state index contributed by atoms with van der Waals surface area (Å²) in [6, 6.07) is 8.36. The van der Waals surface area contributed by atoms with Gasteiger partial charge in [0.05, 0.1) is 6.54 Å². The highest BCUT2D eigenvalue weighted by molar-refractivity contribution is 14.0. The van der Waals surface area contributed by atoms with Gasteiger partial charge in [-0.15, -0.1) is 24.0 Å². The lowest BCUT2D eigenvalue weighted by Gasteiger charge is -2.24. The third-order valence-corrected chi connectivity index (χ3v) is 4.74. The average Bonchev–Trinajstić information content (AvgIpc) is 3.41. The van der Waals surface area contributed by atoms with Gasteiger partial charge in [0.15, 0.2) is 5.96 Å². The van der Waals surface area contributed by atoms with Gasteiger partial charge in [-0.1, -0.05) is 41.9 Å². The molecule has 1 aromatic carbocycles. The van der Waals surface area contributed by atoms with E-state index in [0.29, 0.717) is 19.6 Å². The molecule has 0 radical (unpaired) electrons. The van der Waals surface area contributed by atoms with E-state index in [1.54, 1.807) is 0 Å². The summed E-state index contributed by atoms with van der Waals surface area (Å²) >= 11 is 3.53. The van der Waals surface area contributed by atoms with Crippen molar-refractivity contribution >= 4 is 51.8 Å². The molecule has 1 aliphatic rings. The Hall–Kier alpha value is -0.830. The highest BCUT2D eigenvalue weighted by atomic mass is 127. The predicted molar refractivity (Wildman–Crippen MR) is 122 cm³/mol. The molecule has 0 spiro atoms. The van der Waals surface area contributed by atoms with Crippen LogP contribution in [0.15, 0.2) is 33.7 Å². The van der Waals surface area contributed by atoms with Gasteiger partial charge >= 0.3 is 0 Å². The summed E-state index contributed by atoms with van der Waals surface area (Å²) in [4.78, 5) is 16.4. The zero-order valence-corrected chi connectivity index (χ0v) is 19.7. The Labute approximate surface area is 182 Å². The van der Waals surface area contributed by atoms with E-state index in [-0.39, 0.29) is 41.2 Å². The van der Waals surface area contributed by atoms with Crippen molar-refractivity contribution in [3.63, 3.8) is 0 Å². The van der Waals surface area contributed by atoms with Crippen molar-refractivity contribution in [1.82, 2.24) is 16.0 Å². The summed E-state index contributed by atoms with van der Waals surface area (Å²) in [6.45, 7) is 9.20. The molecule has 146 valence electrons. The predicted octanol–water partition coefficient (Wildman–Crippen LogP) is 3.43. The molecule has 0 aromatic heterocycles. The highest BCUT2D eigenvalue weighted by Gasteiger charge is 2.29. The second-order valence-electron chi connectivity index (χ2n) is 7.08. The molecule has 1 amide bonds. The quantitative estimate of drug-likeness (QED) is 0.206. The molecule has 7 heteroatoms. The summed E-state index contributed by atoms with van der Waals surface area (Å²) < 4.78 is 1.08. The molecule has 1 fully saturated rings. The number of aliphatic imine (C=N–C) groups is 1. The number of benzene rings is 1. The first-order valence-corrected chi connectivity index (χ1v) is 9.77. The molecule has 26 heavy (non-hydrogen) atoms. The Morgan fingerprint density at radius 1 is 1.23 bits per heavy atom. The van der Waals surface area contributed by atoms with Crippen LogP contribution >= 0.6 is 39.9 Å². The molecule has 2 rings (SSSR count). The van der Waals surface area contributed by atoms with Crippen LogP contribution in [0.25, 0.3) is 0 Å². The summed E-state index contributed by atoms with van der Waals surface area (Å²) in [5.41, 5.74) is 1.19. The van der Waals surface area contributed by atoms with Crippen LogP contribution in [0, 0.1) is 5.92 Å². The Morgan fingerprint density at radius 2 is 1.92 bits per heavy atom. The van der Waals surface area contributed by atoms with Crippen molar-refractivity contribution in [3.8, 4) is 0 Å². The number of hydrogen-bond donors (Lipinski definition) is 3. The van der Waals surface area contributed by atoms with Gasteiger partial charge in [0.1, 0.15) is 0 Å². The summed E-state index contributed by atoms with van der Waals surface area (Å²) in [7, 11) is 0. The van der Waals surface area contributed by atoms with Crippen molar-refractivity contribution < 1.29 is 4.79 Å². The maximum atomic E-state index is 11.6. The van der Waals surface area contributed by atoms with Crippen molar-refractivity contribution in [2.75, 3.05) is 26.2 Å². The van der Waals surface area contributed by atoms with E-state index in [2.05, 4.69) is 63.9 Å². The Morgan fingerprint density at radius 3 is 2.54 bits per heavy atom. The number of carbonyl (C=O) groups is 1. The van der Waals surface area contributed by atoms with Crippen LogP contribution in [-0.4, -0.2) is 38.0 Å². The van der Waals surface area contributed by atoms with Crippen LogP contribution in [-0.2, 0) is 10.2 Å². The van der Waals surface area contributed by atoms with E-state index in [9.17, 15) is 4.79 Å². The van der Waals surface area contributed by atoms with E-state index in [4.69, 9.17) is 4.99 Å². The molecular weight excluding hydrogens is 507 g/mol. The Bertz CT molecular complexity index is 617. The van der Waals surface area contributed by atoms with Gasteiger partial charge in [-0.05, 0) is 37.5 Å². The van der Waals surface area contributed by atoms with Crippen LogP contribution in [0.3, 0.4) is 0 Å². The minimum Gasteiger partial charge on any atom is -0.357 e. The molecule has 1 saturated carbocycles. The maximum Gasteiger partial charge on any atom is 0.223 e. The van der Waals surface area contributed by atoms with E-state index in [0.717, 1.165) is 29.8 Å². The number of nitrogens with one attached hydrogen (secondary N) is 3. The van der Waals surface area contributed by atoms with Gasteiger partial charge in [0, 0.05) is 35.4 Å². The molecule has 0 unspecified atom stereocenters. The third-order valence-electron chi connectivity index (χ3n) is 4.25. The van der Waals surface area contributed by atoms with Crippen molar-refractivity contribution in [1.29, 1.82) is 0 Å². The molecule has 3 N–H and O–H groups in total. The smallest absolute Gasteiger partial charge is 0.223 e. The van der Waals surface area contributed by atoms with E-state index < -0.39 is 0 Å². The first-order chi connectivity index (χ1) is 11.9. The molecule has 0 atom stereocenters.